The zero-order valence-corrected chi connectivity index (χ0v) is 19.5. The molecule has 2 aliphatic rings. The Morgan fingerprint density at radius 3 is 2.24 bits per heavy atom. The van der Waals surface area contributed by atoms with Crippen molar-refractivity contribution in [1.82, 2.24) is 19.9 Å². The molecule has 0 radical (unpaired) electrons. The van der Waals surface area contributed by atoms with Crippen LogP contribution in [0.25, 0.3) is 11.4 Å². The number of thiophene rings is 1. The fourth-order valence-electron chi connectivity index (χ4n) is 4.33. The molecule has 33 heavy (non-hydrogen) atoms. The van der Waals surface area contributed by atoms with Crippen molar-refractivity contribution < 1.29 is 14.1 Å². The molecule has 0 unspecified atom stereocenters. The average Bonchev–Trinajstić information content (AvgIpc) is 3.57. The van der Waals surface area contributed by atoms with Crippen molar-refractivity contribution >= 4 is 28.8 Å². The summed E-state index contributed by atoms with van der Waals surface area (Å²) in [4.78, 5) is 35.5. The van der Waals surface area contributed by atoms with Crippen molar-refractivity contribution in [3.63, 3.8) is 0 Å². The zero-order valence-electron chi connectivity index (χ0n) is 18.6. The molecule has 2 saturated heterocycles. The Hall–Kier alpha value is -3.20. The van der Waals surface area contributed by atoms with Gasteiger partial charge in [-0.3, -0.25) is 9.59 Å². The van der Waals surface area contributed by atoms with Gasteiger partial charge in [0.05, 0.1) is 5.56 Å². The summed E-state index contributed by atoms with van der Waals surface area (Å²) in [6.45, 7) is 6.31. The highest BCUT2D eigenvalue weighted by Crippen LogP contribution is 2.25. The lowest BCUT2D eigenvalue weighted by Gasteiger charge is -2.33. The Morgan fingerprint density at radius 1 is 0.939 bits per heavy atom. The van der Waals surface area contributed by atoms with Crippen LogP contribution in [0.5, 0.6) is 0 Å². The van der Waals surface area contributed by atoms with E-state index in [4.69, 9.17) is 4.52 Å². The Balaban J connectivity index is 1.19. The first-order valence-corrected chi connectivity index (χ1v) is 12.3. The van der Waals surface area contributed by atoms with Crippen LogP contribution in [-0.4, -0.2) is 71.0 Å². The number of hydrogen-bond donors (Lipinski definition) is 0. The van der Waals surface area contributed by atoms with E-state index in [2.05, 4.69) is 34.1 Å². The van der Waals surface area contributed by atoms with Gasteiger partial charge in [-0.05, 0) is 54.5 Å². The standard InChI is InChI=1S/C24H27N5O3S/c1-17-6-9-27(10-7-17)20-4-2-18(3-5-20)21-25-22(32-26-21)24(31)29-13-11-28(12-14-29)23(30)19-8-15-33-16-19/h2-5,8,15-17H,6-7,9-14H2,1H3. The monoisotopic (exact) mass is 465 g/mol. The van der Waals surface area contributed by atoms with E-state index in [-0.39, 0.29) is 17.7 Å². The number of piperazine rings is 1. The SMILES string of the molecule is CC1CCN(c2ccc(-c3noc(C(=O)N4CCN(C(=O)c5ccsc5)CC4)n3)cc2)CC1. The molecule has 2 fully saturated rings. The second-order valence-electron chi connectivity index (χ2n) is 8.74. The molecule has 0 aliphatic carbocycles. The molecule has 0 spiro atoms. The van der Waals surface area contributed by atoms with Gasteiger partial charge in [0, 0.05) is 55.9 Å². The highest BCUT2D eigenvalue weighted by molar-refractivity contribution is 7.08. The van der Waals surface area contributed by atoms with Gasteiger partial charge in [0.1, 0.15) is 0 Å². The van der Waals surface area contributed by atoms with E-state index in [1.54, 1.807) is 9.80 Å². The van der Waals surface area contributed by atoms with Gasteiger partial charge in [-0.15, -0.1) is 0 Å². The van der Waals surface area contributed by atoms with Crippen LogP contribution in [0.3, 0.4) is 0 Å². The van der Waals surface area contributed by atoms with Gasteiger partial charge in [0.2, 0.25) is 5.82 Å². The fourth-order valence-corrected chi connectivity index (χ4v) is 4.96. The average molecular weight is 466 g/mol. The summed E-state index contributed by atoms with van der Waals surface area (Å²) < 4.78 is 5.28. The molecule has 9 heteroatoms. The van der Waals surface area contributed by atoms with Crippen molar-refractivity contribution in [3.05, 3.63) is 52.5 Å². The number of aromatic nitrogens is 2. The number of benzene rings is 1. The number of carbonyl (C=O) groups excluding carboxylic acids is 2. The highest BCUT2D eigenvalue weighted by atomic mass is 32.1. The Kier molecular flexibility index (Phi) is 6.13. The summed E-state index contributed by atoms with van der Waals surface area (Å²) in [6.07, 6.45) is 2.43. The maximum absolute atomic E-state index is 12.9. The molecule has 1 aromatic carbocycles. The van der Waals surface area contributed by atoms with Gasteiger partial charge in [0.15, 0.2) is 0 Å². The van der Waals surface area contributed by atoms with E-state index >= 15 is 0 Å². The minimum absolute atomic E-state index is 0.00550. The first-order valence-electron chi connectivity index (χ1n) is 11.4. The van der Waals surface area contributed by atoms with E-state index in [0.717, 1.165) is 24.6 Å². The predicted octanol–water partition coefficient (Wildman–Crippen LogP) is 3.63. The molecule has 0 bridgehead atoms. The van der Waals surface area contributed by atoms with Crippen LogP contribution in [0.4, 0.5) is 5.69 Å². The van der Waals surface area contributed by atoms with Gasteiger partial charge in [-0.25, -0.2) is 0 Å². The molecule has 172 valence electrons. The summed E-state index contributed by atoms with van der Waals surface area (Å²) in [5.74, 6) is 0.891. The Bertz CT molecular complexity index is 1100. The summed E-state index contributed by atoms with van der Waals surface area (Å²) in [5, 5.41) is 7.76. The Labute approximate surface area is 196 Å². The maximum Gasteiger partial charge on any atom is 0.316 e. The smallest absolute Gasteiger partial charge is 0.316 e. The third-order valence-electron chi connectivity index (χ3n) is 6.51. The third-order valence-corrected chi connectivity index (χ3v) is 7.19. The molecule has 2 aromatic heterocycles. The van der Waals surface area contributed by atoms with Crippen LogP contribution in [-0.2, 0) is 0 Å². The van der Waals surface area contributed by atoms with Crippen LogP contribution in [0.15, 0.2) is 45.6 Å². The zero-order chi connectivity index (χ0) is 22.8. The first kappa shape index (κ1) is 21.6. The second-order valence-corrected chi connectivity index (χ2v) is 9.52. The van der Waals surface area contributed by atoms with Gasteiger partial charge in [0.25, 0.3) is 5.91 Å². The summed E-state index contributed by atoms with van der Waals surface area (Å²) in [5.41, 5.74) is 2.71. The maximum atomic E-state index is 12.9. The summed E-state index contributed by atoms with van der Waals surface area (Å²) >= 11 is 1.50. The number of anilines is 1. The van der Waals surface area contributed by atoms with E-state index in [9.17, 15) is 9.59 Å². The van der Waals surface area contributed by atoms with Crippen molar-refractivity contribution in [2.75, 3.05) is 44.2 Å². The van der Waals surface area contributed by atoms with Gasteiger partial charge in [-0.1, -0.05) is 12.1 Å². The van der Waals surface area contributed by atoms with Gasteiger partial charge < -0.3 is 19.2 Å². The quantitative estimate of drug-likeness (QED) is 0.585. The lowest BCUT2D eigenvalue weighted by molar-refractivity contribution is 0.0508. The molecule has 0 N–H and O–H groups in total. The minimum atomic E-state index is -0.296. The van der Waals surface area contributed by atoms with Crippen LogP contribution in [0.1, 0.15) is 40.8 Å². The number of hydrogen-bond acceptors (Lipinski definition) is 7. The van der Waals surface area contributed by atoms with Crippen molar-refractivity contribution in [2.24, 2.45) is 5.92 Å². The first-order chi connectivity index (χ1) is 16.1. The number of rotatable bonds is 4. The number of piperidine rings is 1. The van der Waals surface area contributed by atoms with Crippen LogP contribution < -0.4 is 4.90 Å². The van der Waals surface area contributed by atoms with E-state index in [1.807, 2.05) is 29.0 Å². The largest absolute Gasteiger partial charge is 0.372 e. The molecule has 4 heterocycles. The van der Waals surface area contributed by atoms with E-state index in [1.165, 1.54) is 29.9 Å². The molecular formula is C24H27N5O3S. The molecule has 3 aromatic rings. The lowest BCUT2D eigenvalue weighted by Crippen LogP contribution is -2.50. The van der Waals surface area contributed by atoms with Gasteiger partial charge in [-0.2, -0.15) is 16.3 Å². The fraction of sp³-hybridized carbons (Fsp3) is 0.417. The van der Waals surface area contributed by atoms with Gasteiger partial charge >= 0.3 is 11.8 Å². The van der Waals surface area contributed by atoms with Crippen LogP contribution >= 0.6 is 11.3 Å². The van der Waals surface area contributed by atoms with E-state index in [0.29, 0.717) is 37.6 Å². The molecular weight excluding hydrogens is 438 g/mol. The van der Waals surface area contributed by atoms with Crippen molar-refractivity contribution in [2.45, 2.75) is 19.8 Å². The molecule has 2 aliphatic heterocycles. The van der Waals surface area contributed by atoms with Crippen molar-refractivity contribution in [1.29, 1.82) is 0 Å². The molecule has 0 saturated carbocycles. The second kappa shape index (κ2) is 9.35. The normalized spacial score (nSPS) is 17.4. The van der Waals surface area contributed by atoms with Crippen molar-refractivity contribution in [3.8, 4) is 11.4 Å². The lowest BCUT2D eigenvalue weighted by atomic mass is 9.98. The number of amides is 2. The molecule has 5 rings (SSSR count). The summed E-state index contributed by atoms with van der Waals surface area (Å²) in [6, 6.07) is 9.92. The van der Waals surface area contributed by atoms with Crippen LogP contribution in [0.2, 0.25) is 0 Å². The molecule has 8 nitrogen and oxygen atoms in total. The third kappa shape index (κ3) is 4.64. The van der Waals surface area contributed by atoms with E-state index < -0.39 is 0 Å². The summed E-state index contributed by atoms with van der Waals surface area (Å²) in [7, 11) is 0. The minimum Gasteiger partial charge on any atom is -0.372 e. The number of carbonyl (C=O) groups is 2. The molecule has 0 atom stereocenters. The Morgan fingerprint density at radius 2 is 1.61 bits per heavy atom. The predicted molar refractivity (Wildman–Crippen MR) is 126 cm³/mol. The molecule has 2 amide bonds. The highest BCUT2D eigenvalue weighted by Gasteiger charge is 2.28. The number of nitrogens with zero attached hydrogens (tertiary/aromatic N) is 5. The topological polar surface area (TPSA) is 82.8 Å². The van der Waals surface area contributed by atoms with Crippen LogP contribution in [0, 0.1) is 5.92 Å².